The average molecular weight is 517 g/mol. The Hall–Kier alpha value is -4.43. The van der Waals surface area contributed by atoms with Crippen LogP contribution in [0.4, 0.5) is 5.69 Å². The molecule has 0 bridgehead atoms. The highest BCUT2D eigenvalue weighted by Crippen LogP contribution is 2.47. The second-order valence-electron chi connectivity index (χ2n) is 8.82. The molecule has 6 rings (SSSR count). The predicted octanol–water partition coefficient (Wildman–Crippen LogP) is 5.49. The third-order valence-electron chi connectivity index (χ3n) is 6.64. The number of nitrogens with zero attached hydrogens (tertiary/aromatic N) is 1. The number of ether oxygens (including phenoxy) is 3. The summed E-state index contributed by atoms with van der Waals surface area (Å²) in [6.07, 6.45) is 1.74. The van der Waals surface area contributed by atoms with Crippen LogP contribution in [0.5, 0.6) is 17.2 Å². The van der Waals surface area contributed by atoms with E-state index in [0.29, 0.717) is 22.7 Å². The van der Waals surface area contributed by atoms with Gasteiger partial charge < -0.3 is 24.3 Å². The van der Waals surface area contributed by atoms with Gasteiger partial charge in [0.2, 0.25) is 6.79 Å². The van der Waals surface area contributed by atoms with Gasteiger partial charge in [-0.05, 0) is 42.8 Å². The molecule has 3 aromatic carbocycles. The molecule has 9 heteroatoms. The Kier molecular flexibility index (Phi) is 5.35. The van der Waals surface area contributed by atoms with E-state index in [9.17, 15) is 14.7 Å². The Balaban J connectivity index is 1.63. The average Bonchev–Trinajstić information content (AvgIpc) is 3.59. The Morgan fingerprint density at radius 3 is 2.70 bits per heavy atom. The molecule has 0 saturated carbocycles. The quantitative estimate of drug-likeness (QED) is 0.211. The zero-order chi connectivity index (χ0) is 25.8. The van der Waals surface area contributed by atoms with E-state index in [1.54, 1.807) is 36.5 Å². The van der Waals surface area contributed by atoms with Gasteiger partial charge in [0.05, 0.1) is 29.3 Å². The van der Waals surface area contributed by atoms with E-state index in [4.69, 9.17) is 25.8 Å². The molecular weight excluding hydrogens is 496 g/mol. The van der Waals surface area contributed by atoms with Gasteiger partial charge in [0.25, 0.3) is 11.7 Å². The normalized spacial score (nSPS) is 18.1. The fourth-order valence-electron chi connectivity index (χ4n) is 5.01. The number of benzene rings is 3. The Morgan fingerprint density at radius 1 is 1.11 bits per heavy atom. The number of methoxy groups -OCH3 is 1. The lowest BCUT2D eigenvalue weighted by molar-refractivity contribution is -0.132. The standard InChI is InChI=1S/C28H21ClN2O6/c1-14-9-17(27(35-2)19(29)10-14)25(32)23-24(18-12-30-20-6-4-3-5-16(18)20)31(28(34)26(23)33)15-7-8-21-22(11-15)37-13-36-21/h3-12,24,30,32H,13H2,1-2H3/b25-23+. The van der Waals surface area contributed by atoms with Crippen molar-refractivity contribution in [1.29, 1.82) is 0 Å². The predicted molar refractivity (Wildman–Crippen MR) is 138 cm³/mol. The number of fused-ring (bicyclic) bond motifs is 2. The van der Waals surface area contributed by atoms with Crippen LogP contribution < -0.4 is 19.1 Å². The number of halogens is 1. The molecule has 37 heavy (non-hydrogen) atoms. The number of para-hydroxylation sites is 1. The van der Waals surface area contributed by atoms with E-state index in [1.165, 1.54) is 12.0 Å². The fourth-order valence-corrected chi connectivity index (χ4v) is 5.36. The molecule has 1 unspecified atom stereocenters. The lowest BCUT2D eigenvalue weighted by atomic mass is 9.94. The highest BCUT2D eigenvalue weighted by molar-refractivity contribution is 6.52. The number of ketones is 1. The monoisotopic (exact) mass is 516 g/mol. The number of H-pyrrole nitrogens is 1. The molecule has 1 aromatic heterocycles. The first-order valence-corrected chi connectivity index (χ1v) is 11.9. The Morgan fingerprint density at radius 2 is 1.89 bits per heavy atom. The maximum absolute atomic E-state index is 13.6. The van der Waals surface area contributed by atoms with E-state index in [2.05, 4.69) is 4.98 Å². The molecule has 1 saturated heterocycles. The van der Waals surface area contributed by atoms with Crippen molar-refractivity contribution >= 4 is 45.6 Å². The van der Waals surface area contributed by atoms with Crippen LogP contribution in [0.2, 0.25) is 5.02 Å². The van der Waals surface area contributed by atoms with Gasteiger partial charge in [-0.1, -0.05) is 29.8 Å². The first-order chi connectivity index (χ1) is 17.9. The van der Waals surface area contributed by atoms with Crippen molar-refractivity contribution in [3.8, 4) is 17.2 Å². The van der Waals surface area contributed by atoms with Gasteiger partial charge in [0.15, 0.2) is 11.5 Å². The van der Waals surface area contributed by atoms with Crippen molar-refractivity contribution in [2.24, 2.45) is 0 Å². The number of hydrogen-bond acceptors (Lipinski definition) is 6. The summed E-state index contributed by atoms with van der Waals surface area (Å²) in [5.41, 5.74) is 2.79. The molecule has 186 valence electrons. The molecular formula is C28H21ClN2O6. The third-order valence-corrected chi connectivity index (χ3v) is 6.92. The first kappa shape index (κ1) is 23.0. The first-order valence-electron chi connectivity index (χ1n) is 11.5. The summed E-state index contributed by atoms with van der Waals surface area (Å²) >= 11 is 6.39. The summed E-state index contributed by atoms with van der Waals surface area (Å²) in [6, 6.07) is 15.0. The van der Waals surface area contributed by atoms with Crippen molar-refractivity contribution in [2.75, 3.05) is 18.8 Å². The number of rotatable bonds is 4. The molecule has 2 N–H and O–H groups in total. The van der Waals surface area contributed by atoms with Gasteiger partial charge in [-0.15, -0.1) is 0 Å². The minimum atomic E-state index is -0.944. The van der Waals surface area contributed by atoms with Gasteiger partial charge in [0.1, 0.15) is 11.5 Å². The molecule has 0 aliphatic carbocycles. The summed E-state index contributed by atoms with van der Waals surface area (Å²) in [4.78, 5) is 31.7. The Bertz CT molecular complexity index is 1640. The van der Waals surface area contributed by atoms with E-state index >= 15 is 0 Å². The summed E-state index contributed by atoms with van der Waals surface area (Å²) in [7, 11) is 1.43. The fraction of sp³-hybridized carbons (Fsp3) is 0.143. The van der Waals surface area contributed by atoms with Crippen LogP contribution in [0, 0.1) is 6.92 Å². The van der Waals surface area contributed by atoms with Crippen molar-refractivity contribution in [3.63, 3.8) is 0 Å². The molecule has 0 radical (unpaired) electrons. The Labute approximate surface area is 216 Å². The molecule has 4 aromatic rings. The van der Waals surface area contributed by atoms with Gasteiger partial charge in [0, 0.05) is 34.4 Å². The largest absolute Gasteiger partial charge is 0.507 e. The molecule has 2 aliphatic heterocycles. The number of Topliss-reactive ketones (excluding diaryl/α,β-unsaturated/α-hetero) is 1. The van der Waals surface area contributed by atoms with Crippen LogP contribution in [-0.4, -0.2) is 35.7 Å². The molecule has 2 aliphatic rings. The van der Waals surface area contributed by atoms with E-state index in [-0.39, 0.29) is 34.5 Å². The highest BCUT2D eigenvalue weighted by Gasteiger charge is 2.48. The van der Waals surface area contributed by atoms with Gasteiger partial charge >= 0.3 is 0 Å². The molecule has 1 amide bonds. The summed E-state index contributed by atoms with van der Waals surface area (Å²) in [5, 5.41) is 12.7. The molecule has 1 atom stereocenters. The van der Waals surface area contributed by atoms with E-state index < -0.39 is 17.7 Å². The molecule has 8 nitrogen and oxygen atoms in total. The van der Waals surface area contributed by atoms with Crippen LogP contribution >= 0.6 is 11.6 Å². The summed E-state index contributed by atoms with van der Waals surface area (Å²) in [5.74, 6) is -0.776. The highest BCUT2D eigenvalue weighted by atomic mass is 35.5. The lowest BCUT2D eigenvalue weighted by Crippen LogP contribution is -2.29. The van der Waals surface area contributed by atoms with Gasteiger partial charge in [-0.2, -0.15) is 0 Å². The number of aryl methyl sites for hydroxylation is 1. The van der Waals surface area contributed by atoms with E-state index in [1.807, 2.05) is 31.2 Å². The number of amides is 1. The van der Waals surface area contributed by atoms with Crippen LogP contribution in [0.1, 0.15) is 22.7 Å². The van der Waals surface area contributed by atoms with Crippen LogP contribution in [0.25, 0.3) is 16.7 Å². The minimum Gasteiger partial charge on any atom is -0.507 e. The van der Waals surface area contributed by atoms with Crippen molar-refractivity contribution in [3.05, 3.63) is 88.1 Å². The molecule has 1 fully saturated rings. The van der Waals surface area contributed by atoms with Crippen LogP contribution in [-0.2, 0) is 9.59 Å². The third kappa shape index (κ3) is 3.52. The maximum Gasteiger partial charge on any atom is 0.300 e. The van der Waals surface area contributed by atoms with Gasteiger partial charge in [-0.3, -0.25) is 14.5 Å². The van der Waals surface area contributed by atoms with Crippen molar-refractivity contribution in [1.82, 2.24) is 4.98 Å². The summed E-state index contributed by atoms with van der Waals surface area (Å²) in [6.45, 7) is 1.88. The number of carbonyl (C=O) groups is 2. The van der Waals surface area contributed by atoms with Crippen LogP contribution in [0.3, 0.4) is 0 Å². The second-order valence-corrected chi connectivity index (χ2v) is 9.23. The molecule has 3 heterocycles. The molecule has 0 spiro atoms. The van der Waals surface area contributed by atoms with Gasteiger partial charge in [-0.25, -0.2) is 0 Å². The van der Waals surface area contributed by atoms with E-state index in [0.717, 1.165) is 16.5 Å². The zero-order valence-electron chi connectivity index (χ0n) is 19.9. The number of aromatic amines is 1. The number of anilines is 1. The van der Waals surface area contributed by atoms with Crippen molar-refractivity contribution in [2.45, 2.75) is 13.0 Å². The summed E-state index contributed by atoms with van der Waals surface area (Å²) < 4.78 is 16.4. The number of aliphatic hydroxyl groups excluding tert-OH is 1. The number of nitrogens with one attached hydrogen (secondary N) is 1. The smallest absolute Gasteiger partial charge is 0.300 e. The number of hydrogen-bond donors (Lipinski definition) is 2. The second kappa shape index (κ2) is 8.60. The van der Waals surface area contributed by atoms with Crippen LogP contribution in [0.15, 0.2) is 66.4 Å². The topological polar surface area (TPSA) is 101 Å². The maximum atomic E-state index is 13.6. The minimum absolute atomic E-state index is 0.0669. The number of aromatic nitrogens is 1. The SMILES string of the molecule is COc1c(Cl)cc(C)cc1/C(O)=C1\C(=O)C(=O)N(c2ccc3c(c2)OCO3)C1c1c[nH]c2ccccc12. The lowest BCUT2D eigenvalue weighted by Gasteiger charge is -2.25. The number of carbonyl (C=O) groups excluding carboxylic acids is 2. The van der Waals surface area contributed by atoms with Crippen molar-refractivity contribution < 1.29 is 28.9 Å². The zero-order valence-corrected chi connectivity index (χ0v) is 20.6. The number of aliphatic hydroxyl groups is 1.